The second-order valence-corrected chi connectivity index (χ2v) is 2.42. The highest BCUT2D eigenvalue weighted by Gasteiger charge is 2.22. The molecule has 1 aliphatic rings. The van der Waals surface area contributed by atoms with Crippen LogP contribution < -0.4 is 5.73 Å². The molecule has 4 nitrogen and oxygen atoms in total. The Morgan fingerprint density at radius 1 is 1.82 bits per heavy atom. The largest absolute Gasteiger partial charge is 0.495 e. The summed E-state index contributed by atoms with van der Waals surface area (Å²) < 4.78 is 9.84. The van der Waals surface area contributed by atoms with Gasteiger partial charge in [0.05, 0.1) is 6.26 Å². The van der Waals surface area contributed by atoms with Crippen LogP contribution in [0.4, 0.5) is 4.79 Å². The zero-order valence-electron chi connectivity index (χ0n) is 6.32. The van der Waals surface area contributed by atoms with Crippen molar-refractivity contribution < 1.29 is 14.3 Å². The number of amides is 1. The van der Waals surface area contributed by atoms with Gasteiger partial charge < -0.3 is 15.2 Å². The zero-order chi connectivity index (χ0) is 8.27. The third-order valence-corrected chi connectivity index (χ3v) is 1.55. The maximum Gasteiger partial charge on any atom is 0.404 e. The third kappa shape index (κ3) is 2.14. The van der Waals surface area contributed by atoms with Gasteiger partial charge in [-0.1, -0.05) is 0 Å². The van der Waals surface area contributed by atoms with Gasteiger partial charge in [0.15, 0.2) is 0 Å². The van der Waals surface area contributed by atoms with E-state index in [9.17, 15) is 4.79 Å². The molecule has 0 saturated heterocycles. The minimum Gasteiger partial charge on any atom is -0.495 e. The van der Waals surface area contributed by atoms with Gasteiger partial charge in [0.1, 0.15) is 12.2 Å². The molecule has 0 aromatic rings. The molecule has 0 bridgehead atoms. The average Bonchev–Trinajstić information content (AvgIpc) is 1.93. The topological polar surface area (TPSA) is 61.6 Å². The summed E-state index contributed by atoms with van der Waals surface area (Å²) >= 11 is 0. The van der Waals surface area contributed by atoms with E-state index >= 15 is 0 Å². The Bertz CT molecular complexity index is 179. The van der Waals surface area contributed by atoms with Gasteiger partial charge in [0.2, 0.25) is 0 Å². The summed E-state index contributed by atoms with van der Waals surface area (Å²) in [5.74, 6) is 0. The van der Waals surface area contributed by atoms with Crippen molar-refractivity contribution in [2.45, 2.75) is 25.6 Å². The maximum atomic E-state index is 10.3. The van der Waals surface area contributed by atoms with Crippen molar-refractivity contribution in [3.05, 3.63) is 12.3 Å². The van der Waals surface area contributed by atoms with Crippen molar-refractivity contribution in [1.82, 2.24) is 0 Å². The van der Waals surface area contributed by atoms with Crippen molar-refractivity contribution in [3.63, 3.8) is 0 Å². The molecule has 0 unspecified atom stereocenters. The number of rotatable bonds is 1. The Morgan fingerprint density at radius 2 is 2.55 bits per heavy atom. The predicted molar refractivity (Wildman–Crippen MR) is 38.8 cm³/mol. The van der Waals surface area contributed by atoms with Crippen molar-refractivity contribution in [1.29, 1.82) is 0 Å². The fourth-order valence-corrected chi connectivity index (χ4v) is 0.942. The van der Waals surface area contributed by atoms with Gasteiger partial charge in [-0.05, 0) is 13.0 Å². The lowest BCUT2D eigenvalue weighted by atomic mass is 10.1. The van der Waals surface area contributed by atoms with Gasteiger partial charge >= 0.3 is 6.09 Å². The van der Waals surface area contributed by atoms with Gasteiger partial charge in [0, 0.05) is 6.42 Å². The van der Waals surface area contributed by atoms with Gasteiger partial charge in [-0.2, -0.15) is 0 Å². The summed E-state index contributed by atoms with van der Waals surface area (Å²) in [4.78, 5) is 10.3. The standard InChI is InChI=1S/C7H11NO3/c1-5-6(11-7(8)9)3-2-4-10-5/h2,4-6H,3H2,1H3,(H2,8,9)/t5-,6-/m0/s1. The molecule has 62 valence electrons. The van der Waals surface area contributed by atoms with E-state index in [2.05, 4.69) is 0 Å². The molecule has 11 heavy (non-hydrogen) atoms. The minimum absolute atomic E-state index is 0.104. The number of carbonyl (C=O) groups is 1. The molecule has 0 aromatic heterocycles. The van der Waals surface area contributed by atoms with Crippen LogP contribution in [0.2, 0.25) is 0 Å². The van der Waals surface area contributed by atoms with E-state index in [-0.39, 0.29) is 12.2 Å². The van der Waals surface area contributed by atoms with E-state index < -0.39 is 6.09 Å². The van der Waals surface area contributed by atoms with Crippen LogP contribution in [0, 0.1) is 0 Å². The van der Waals surface area contributed by atoms with Crippen molar-refractivity contribution in [2.75, 3.05) is 0 Å². The lowest BCUT2D eigenvalue weighted by molar-refractivity contribution is -0.00128. The molecular formula is C7H11NO3. The Labute approximate surface area is 65.0 Å². The molecule has 1 rings (SSSR count). The molecule has 1 aliphatic heterocycles. The van der Waals surface area contributed by atoms with E-state index in [0.29, 0.717) is 6.42 Å². The SMILES string of the molecule is C[C@@H]1OC=CC[C@@H]1OC(N)=O. The van der Waals surface area contributed by atoms with E-state index in [0.717, 1.165) is 0 Å². The number of hydrogen-bond acceptors (Lipinski definition) is 3. The summed E-state index contributed by atoms with van der Waals surface area (Å²) in [5, 5.41) is 0. The first-order valence-corrected chi connectivity index (χ1v) is 3.46. The van der Waals surface area contributed by atoms with Crippen LogP contribution in [0.25, 0.3) is 0 Å². The van der Waals surface area contributed by atoms with Crippen LogP contribution in [0.1, 0.15) is 13.3 Å². The first-order valence-electron chi connectivity index (χ1n) is 3.46. The number of primary amides is 1. The van der Waals surface area contributed by atoms with Gasteiger partial charge in [-0.15, -0.1) is 0 Å². The second kappa shape index (κ2) is 3.27. The van der Waals surface area contributed by atoms with Crippen LogP contribution >= 0.6 is 0 Å². The van der Waals surface area contributed by atoms with Crippen LogP contribution in [0.5, 0.6) is 0 Å². The number of hydrogen-bond donors (Lipinski definition) is 1. The molecule has 0 aromatic carbocycles. The Balaban J connectivity index is 2.44. The first kappa shape index (κ1) is 7.91. The Morgan fingerprint density at radius 3 is 3.09 bits per heavy atom. The molecule has 0 spiro atoms. The highest BCUT2D eigenvalue weighted by molar-refractivity contribution is 5.64. The fourth-order valence-electron chi connectivity index (χ4n) is 0.942. The summed E-state index contributed by atoms with van der Waals surface area (Å²) in [6.07, 6.45) is 2.98. The van der Waals surface area contributed by atoms with E-state index in [1.165, 1.54) is 0 Å². The molecule has 2 N–H and O–H groups in total. The zero-order valence-corrected chi connectivity index (χ0v) is 6.32. The molecule has 1 amide bonds. The van der Waals surface area contributed by atoms with Gasteiger partial charge in [0.25, 0.3) is 0 Å². The quantitative estimate of drug-likeness (QED) is 0.611. The van der Waals surface area contributed by atoms with E-state index in [4.69, 9.17) is 15.2 Å². The van der Waals surface area contributed by atoms with E-state index in [1.54, 1.807) is 12.3 Å². The van der Waals surface area contributed by atoms with Crippen LogP contribution in [-0.4, -0.2) is 18.3 Å². The second-order valence-electron chi connectivity index (χ2n) is 2.42. The highest BCUT2D eigenvalue weighted by atomic mass is 16.6. The molecule has 0 radical (unpaired) electrons. The number of carbonyl (C=O) groups excluding carboxylic acids is 1. The fraction of sp³-hybridized carbons (Fsp3) is 0.571. The lowest BCUT2D eigenvalue weighted by Crippen LogP contribution is -2.33. The van der Waals surface area contributed by atoms with Crippen molar-refractivity contribution in [2.24, 2.45) is 5.73 Å². The molecule has 0 aliphatic carbocycles. The van der Waals surface area contributed by atoms with Crippen LogP contribution in [0.15, 0.2) is 12.3 Å². The van der Waals surface area contributed by atoms with Crippen molar-refractivity contribution >= 4 is 6.09 Å². The molecule has 2 atom stereocenters. The Kier molecular flexibility index (Phi) is 2.36. The summed E-state index contributed by atoms with van der Waals surface area (Å²) in [6.45, 7) is 1.83. The number of nitrogens with two attached hydrogens (primary N) is 1. The van der Waals surface area contributed by atoms with Crippen LogP contribution in [-0.2, 0) is 9.47 Å². The summed E-state index contributed by atoms with van der Waals surface area (Å²) in [7, 11) is 0. The van der Waals surface area contributed by atoms with Crippen LogP contribution in [0.3, 0.4) is 0 Å². The molecular weight excluding hydrogens is 146 g/mol. The predicted octanol–water partition coefficient (Wildman–Crippen LogP) is 0.773. The molecule has 4 heteroatoms. The normalized spacial score (nSPS) is 29.2. The minimum atomic E-state index is -0.749. The molecule has 0 saturated carbocycles. The molecule has 0 fully saturated rings. The van der Waals surface area contributed by atoms with E-state index in [1.807, 2.05) is 6.92 Å². The number of ether oxygens (including phenoxy) is 2. The third-order valence-electron chi connectivity index (χ3n) is 1.55. The lowest BCUT2D eigenvalue weighted by Gasteiger charge is -2.24. The monoisotopic (exact) mass is 157 g/mol. The summed E-state index contributed by atoms with van der Waals surface area (Å²) in [5.41, 5.74) is 4.84. The highest BCUT2D eigenvalue weighted by Crippen LogP contribution is 2.13. The van der Waals surface area contributed by atoms with Gasteiger partial charge in [-0.25, -0.2) is 4.79 Å². The Hall–Kier alpha value is -1.19. The van der Waals surface area contributed by atoms with Crippen molar-refractivity contribution in [3.8, 4) is 0 Å². The summed E-state index contributed by atoms with van der Waals surface area (Å²) in [6, 6.07) is 0. The average molecular weight is 157 g/mol. The first-order chi connectivity index (χ1) is 5.20. The van der Waals surface area contributed by atoms with Gasteiger partial charge in [-0.3, -0.25) is 0 Å². The molecule has 1 heterocycles. The smallest absolute Gasteiger partial charge is 0.404 e. The maximum absolute atomic E-state index is 10.3.